The average molecular weight is 348 g/mol. The van der Waals surface area contributed by atoms with Crippen molar-refractivity contribution in [2.45, 2.75) is 31.6 Å². The van der Waals surface area contributed by atoms with E-state index >= 15 is 0 Å². The van der Waals surface area contributed by atoms with Crippen molar-refractivity contribution < 1.29 is 29.3 Å². The van der Waals surface area contributed by atoms with E-state index in [9.17, 15) is 19.5 Å². The van der Waals surface area contributed by atoms with E-state index in [1.54, 1.807) is 12.1 Å². The van der Waals surface area contributed by atoms with Crippen molar-refractivity contribution in [2.24, 2.45) is 0 Å². The predicted molar refractivity (Wildman–Crippen MR) is 88.3 cm³/mol. The molecule has 25 heavy (non-hydrogen) atoms. The van der Waals surface area contributed by atoms with E-state index in [4.69, 9.17) is 16.3 Å². The van der Waals surface area contributed by atoms with Gasteiger partial charge in [0.25, 0.3) is 0 Å². The molecule has 1 rings (SSSR count). The molecule has 0 saturated carbocycles. The lowest BCUT2D eigenvalue weighted by atomic mass is 10.2. The summed E-state index contributed by atoms with van der Waals surface area (Å²) in [5.74, 6) is 0.198. The Bertz CT molecular complexity index is 626. The highest BCUT2D eigenvalue weighted by atomic mass is 16.5. The lowest BCUT2D eigenvalue weighted by Crippen LogP contribution is -2.43. The van der Waals surface area contributed by atoms with Crippen LogP contribution >= 0.6 is 0 Å². The van der Waals surface area contributed by atoms with Gasteiger partial charge in [-0.2, -0.15) is 0 Å². The number of terminal acetylenes is 1. The van der Waals surface area contributed by atoms with Gasteiger partial charge in [-0.05, 0) is 5.56 Å². The lowest BCUT2D eigenvalue weighted by Gasteiger charge is -2.15. The van der Waals surface area contributed by atoms with Crippen LogP contribution in [0.4, 0.5) is 4.79 Å². The highest BCUT2D eigenvalue weighted by Gasteiger charge is 2.20. The van der Waals surface area contributed by atoms with Gasteiger partial charge in [-0.15, -0.1) is 12.3 Å². The zero-order valence-corrected chi connectivity index (χ0v) is 13.5. The van der Waals surface area contributed by atoms with Crippen LogP contribution in [0.5, 0.6) is 0 Å². The normalized spacial score (nSPS) is 12.3. The molecule has 0 saturated heterocycles. The minimum Gasteiger partial charge on any atom is -0.480 e. The van der Waals surface area contributed by atoms with Crippen molar-refractivity contribution in [3.63, 3.8) is 0 Å². The average Bonchev–Trinajstić information content (AvgIpc) is 2.58. The number of rotatable bonds is 9. The molecule has 2 amide bonds. The van der Waals surface area contributed by atoms with Gasteiger partial charge in [-0.1, -0.05) is 30.3 Å². The van der Waals surface area contributed by atoms with Crippen molar-refractivity contribution in [3.05, 3.63) is 35.9 Å². The number of carbonyl (C=O) groups is 3. The summed E-state index contributed by atoms with van der Waals surface area (Å²) in [6.07, 6.45) is 2.55. The van der Waals surface area contributed by atoms with Crippen LogP contribution in [0.2, 0.25) is 0 Å². The Balaban J connectivity index is 2.28. The number of carbonyl (C=O) groups excluding carboxylic acids is 2. The summed E-state index contributed by atoms with van der Waals surface area (Å²) in [6, 6.07) is 7.83. The number of nitrogens with one attached hydrogen (secondary N) is 2. The smallest absolute Gasteiger partial charge is 0.407 e. The number of hydrogen-bond donors (Lipinski definition) is 4. The number of hydrogen-bond acceptors (Lipinski definition) is 5. The number of amides is 2. The monoisotopic (exact) mass is 348 g/mol. The molecule has 2 atom stereocenters. The standard InChI is InChI=1S/C17H20N2O6/c1-2-6-14(16(22)23)19-15(21)9-13(20)10-18-17(24)25-11-12-7-4-3-5-8-12/h1,3-5,7-8,13-14,20H,6,9-11H2,(H,18,24)(H,19,21)(H,22,23)/t13-,14+/m0/s1. The molecule has 4 N–H and O–H groups in total. The van der Waals surface area contributed by atoms with Gasteiger partial charge in [0.15, 0.2) is 0 Å². The van der Waals surface area contributed by atoms with Crippen LogP contribution in [-0.2, 0) is 20.9 Å². The molecule has 0 aliphatic carbocycles. The van der Waals surface area contributed by atoms with Gasteiger partial charge in [0.2, 0.25) is 5.91 Å². The second-order valence-electron chi connectivity index (χ2n) is 5.17. The van der Waals surface area contributed by atoms with Gasteiger partial charge < -0.3 is 25.6 Å². The van der Waals surface area contributed by atoms with Crippen molar-refractivity contribution in [1.82, 2.24) is 10.6 Å². The number of carboxylic acid groups (broad SMARTS) is 1. The second-order valence-corrected chi connectivity index (χ2v) is 5.17. The first-order valence-electron chi connectivity index (χ1n) is 7.50. The third-order valence-corrected chi connectivity index (χ3v) is 3.07. The SMILES string of the molecule is C#CC[C@@H](NC(=O)C[C@H](O)CNC(=O)OCc1ccccc1)C(=O)O. The Labute approximate surface area is 145 Å². The highest BCUT2D eigenvalue weighted by molar-refractivity contribution is 5.84. The summed E-state index contributed by atoms with van der Waals surface area (Å²) in [4.78, 5) is 34.0. The molecule has 0 fully saturated rings. The fourth-order valence-electron chi connectivity index (χ4n) is 1.83. The molecule has 8 nitrogen and oxygen atoms in total. The van der Waals surface area contributed by atoms with Crippen molar-refractivity contribution in [3.8, 4) is 12.3 Å². The Hall–Kier alpha value is -3.05. The van der Waals surface area contributed by atoms with Crippen LogP contribution in [0.1, 0.15) is 18.4 Å². The van der Waals surface area contributed by atoms with E-state index in [1.807, 2.05) is 18.2 Å². The molecule has 0 heterocycles. The van der Waals surface area contributed by atoms with Crippen molar-refractivity contribution in [1.29, 1.82) is 0 Å². The molecule has 0 bridgehead atoms. The Morgan fingerprint density at radius 1 is 1.24 bits per heavy atom. The van der Waals surface area contributed by atoms with Gasteiger partial charge in [0, 0.05) is 13.0 Å². The molecular formula is C17H20N2O6. The van der Waals surface area contributed by atoms with Crippen molar-refractivity contribution in [2.75, 3.05) is 6.54 Å². The summed E-state index contributed by atoms with van der Waals surface area (Å²) in [5.41, 5.74) is 0.811. The molecule has 1 aromatic carbocycles. The molecule has 0 aromatic heterocycles. The molecule has 8 heteroatoms. The van der Waals surface area contributed by atoms with Crippen LogP contribution in [0, 0.1) is 12.3 Å². The van der Waals surface area contributed by atoms with Crippen LogP contribution in [0.25, 0.3) is 0 Å². The maximum atomic E-state index is 11.7. The number of carboxylic acids is 1. The minimum atomic E-state index is -1.26. The fraction of sp³-hybridized carbons (Fsp3) is 0.353. The summed E-state index contributed by atoms with van der Waals surface area (Å²) in [5, 5.41) is 23.1. The number of aliphatic hydroxyl groups is 1. The zero-order valence-electron chi connectivity index (χ0n) is 13.5. The summed E-state index contributed by atoms with van der Waals surface area (Å²) in [6.45, 7) is -0.135. The highest BCUT2D eigenvalue weighted by Crippen LogP contribution is 2.01. The van der Waals surface area contributed by atoms with E-state index in [-0.39, 0.29) is 26.0 Å². The first-order chi connectivity index (χ1) is 11.9. The molecule has 0 aliphatic heterocycles. The Kier molecular flexibility index (Phi) is 8.54. The quantitative estimate of drug-likeness (QED) is 0.474. The van der Waals surface area contributed by atoms with Gasteiger partial charge in [-0.3, -0.25) is 4.79 Å². The number of aliphatic hydroxyl groups excluding tert-OH is 1. The number of aliphatic carboxylic acids is 1. The van der Waals surface area contributed by atoms with Crippen molar-refractivity contribution >= 4 is 18.0 Å². The van der Waals surface area contributed by atoms with Gasteiger partial charge >= 0.3 is 12.1 Å². The van der Waals surface area contributed by atoms with E-state index in [1.165, 1.54) is 0 Å². The minimum absolute atomic E-state index is 0.0790. The molecule has 0 spiro atoms. The Morgan fingerprint density at radius 2 is 1.92 bits per heavy atom. The summed E-state index contributed by atoms with van der Waals surface area (Å²) < 4.78 is 4.95. The van der Waals surface area contributed by atoms with Crippen LogP contribution in [0.15, 0.2) is 30.3 Å². The maximum absolute atomic E-state index is 11.7. The van der Waals surface area contributed by atoms with E-state index in [2.05, 4.69) is 16.6 Å². The number of benzene rings is 1. The molecule has 134 valence electrons. The van der Waals surface area contributed by atoms with E-state index in [0.29, 0.717) is 0 Å². The Morgan fingerprint density at radius 3 is 2.52 bits per heavy atom. The zero-order chi connectivity index (χ0) is 18.7. The fourth-order valence-corrected chi connectivity index (χ4v) is 1.83. The summed E-state index contributed by atoms with van der Waals surface area (Å²) in [7, 11) is 0. The lowest BCUT2D eigenvalue weighted by molar-refractivity contribution is -0.142. The van der Waals surface area contributed by atoms with E-state index in [0.717, 1.165) is 5.56 Å². The van der Waals surface area contributed by atoms with Gasteiger partial charge in [0.05, 0.1) is 12.5 Å². The number of alkyl carbamates (subject to hydrolysis) is 1. The first-order valence-corrected chi connectivity index (χ1v) is 7.50. The molecule has 0 unspecified atom stereocenters. The summed E-state index contributed by atoms with van der Waals surface area (Å²) >= 11 is 0. The van der Waals surface area contributed by atoms with E-state index < -0.39 is 30.1 Å². The third kappa shape index (κ3) is 8.39. The third-order valence-electron chi connectivity index (χ3n) is 3.07. The van der Waals surface area contributed by atoms with Crippen LogP contribution in [0.3, 0.4) is 0 Å². The molecule has 1 aromatic rings. The molecule has 0 aliphatic rings. The maximum Gasteiger partial charge on any atom is 0.407 e. The second kappa shape index (κ2) is 10.7. The van der Waals surface area contributed by atoms with Gasteiger partial charge in [-0.25, -0.2) is 9.59 Å². The topological polar surface area (TPSA) is 125 Å². The van der Waals surface area contributed by atoms with Crippen LogP contribution < -0.4 is 10.6 Å². The largest absolute Gasteiger partial charge is 0.480 e. The molecular weight excluding hydrogens is 328 g/mol. The van der Waals surface area contributed by atoms with Gasteiger partial charge in [0.1, 0.15) is 12.6 Å². The van der Waals surface area contributed by atoms with Crippen LogP contribution in [-0.4, -0.2) is 46.9 Å². The molecule has 0 radical (unpaired) electrons. The number of ether oxygens (including phenoxy) is 1. The first kappa shape index (κ1) is 20.0. The predicted octanol–water partition coefficient (Wildman–Crippen LogP) is 0.256.